The highest BCUT2D eigenvalue weighted by Crippen LogP contribution is 2.44. The Bertz CT molecular complexity index is 1000. The van der Waals surface area contributed by atoms with Crippen molar-refractivity contribution in [3.63, 3.8) is 0 Å². The van der Waals surface area contributed by atoms with Crippen molar-refractivity contribution in [1.29, 1.82) is 0 Å². The summed E-state index contributed by atoms with van der Waals surface area (Å²) in [5.74, 6) is 1.77. The van der Waals surface area contributed by atoms with Gasteiger partial charge in [-0.25, -0.2) is 0 Å². The summed E-state index contributed by atoms with van der Waals surface area (Å²) in [6, 6.07) is 8.93. The second kappa shape index (κ2) is 10.8. The third-order valence-electron chi connectivity index (χ3n) is 8.68. The normalized spacial score (nSPS) is 21.0. The van der Waals surface area contributed by atoms with Gasteiger partial charge in [0, 0.05) is 7.11 Å². The number of aromatic hydroxyl groups is 2. The molecule has 0 aromatic heterocycles. The molecule has 2 unspecified atom stereocenters. The molecule has 2 aromatic rings. The molecule has 2 N–H and O–H groups in total. The Morgan fingerprint density at radius 3 is 1.03 bits per heavy atom. The van der Waals surface area contributed by atoms with Crippen molar-refractivity contribution in [3.05, 3.63) is 57.6 Å². The van der Waals surface area contributed by atoms with Gasteiger partial charge in [0.25, 0.3) is 0 Å². The van der Waals surface area contributed by atoms with Crippen LogP contribution >= 0.6 is 0 Å². The van der Waals surface area contributed by atoms with E-state index in [1.165, 1.54) is 11.1 Å². The Labute approximate surface area is 239 Å². The highest BCUT2D eigenvalue weighted by Gasteiger charge is 2.38. The lowest BCUT2D eigenvalue weighted by Crippen LogP contribution is -2.27. The molecule has 0 saturated heterocycles. The average Bonchev–Trinajstić information content (AvgIpc) is 3.13. The number of benzene rings is 2. The Hall–Kier alpha value is -2.00. The second-order valence-electron chi connectivity index (χ2n) is 16.3. The fourth-order valence-corrected chi connectivity index (χ4v) is 6.48. The summed E-state index contributed by atoms with van der Waals surface area (Å²) in [6.45, 7) is 26.1. The van der Waals surface area contributed by atoms with E-state index >= 15 is 0 Å². The molecule has 0 radical (unpaired) electrons. The SMILES string of the molecule is COC1C(Cc2cc(C(C)(C)C)c(O)c(C(C)(C)C)c2)CCC1Cc1cc(C(C)(C)C)c(O)c(C(C)(C)C)c1. The number of hydrogen-bond acceptors (Lipinski definition) is 3. The molecule has 2 atom stereocenters. The molecule has 2 aromatic carbocycles. The molecule has 218 valence electrons. The van der Waals surface area contributed by atoms with Crippen molar-refractivity contribution in [1.82, 2.24) is 0 Å². The van der Waals surface area contributed by atoms with Crippen molar-refractivity contribution >= 4 is 0 Å². The van der Waals surface area contributed by atoms with E-state index in [1.807, 2.05) is 7.11 Å². The Balaban J connectivity index is 1.94. The maximum absolute atomic E-state index is 11.2. The smallest absolute Gasteiger partial charge is 0.123 e. The van der Waals surface area contributed by atoms with Gasteiger partial charge in [0.1, 0.15) is 11.5 Å². The first-order valence-electron chi connectivity index (χ1n) is 14.9. The lowest BCUT2D eigenvalue weighted by Gasteiger charge is -2.30. The zero-order valence-electron chi connectivity index (χ0n) is 27.2. The van der Waals surface area contributed by atoms with Crippen LogP contribution in [-0.2, 0) is 39.2 Å². The van der Waals surface area contributed by atoms with E-state index in [0.717, 1.165) is 47.9 Å². The molecule has 0 aliphatic heterocycles. The zero-order chi connectivity index (χ0) is 29.7. The molecule has 1 aliphatic carbocycles. The predicted molar refractivity (Wildman–Crippen MR) is 165 cm³/mol. The van der Waals surface area contributed by atoms with E-state index in [0.29, 0.717) is 23.3 Å². The van der Waals surface area contributed by atoms with Crippen LogP contribution in [0.4, 0.5) is 0 Å². The molecule has 39 heavy (non-hydrogen) atoms. The van der Waals surface area contributed by atoms with Gasteiger partial charge < -0.3 is 14.9 Å². The highest BCUT2D eigenvalue weighted by molar-refractivity contribution is 5.51. The maximum Gasteiger partial charge on any atom is 0.123 e. The minimum absolute atomic E-state index is 0.132. The summed E-state index contributed by atoms with van der Waals surface area (Å²) in [5, 5.41) is 22.4. The standard InChI is InChI=1S/C36H56O3/c1-33(2,3)26-18-22(19-27(30(26)37)34(4,5)6)16-24-14-15-25(32(24)39-13)17-23-20-28(35(7,8)9)31(38)29(21-23)36(10,11)12/h18-21,24-25,32,37-38H,14-17H2,1-13H3. The Morgan fingerprint density at radius 2 is 0.821 bits per heavy atom. The van der Waals surface area contributed by atoms with Crippen LogP contribution in [0.5, 0.6) is 11.5 Å². The maximum atomic E-state index is 11.2. The number of ether oxygens (including phenoxy) is 1. The predicted octanol–water partition coefficient (Wildman–Crippen LogP) is 9.11. The van der Waals surface area contributed by atoms with Crippen molar-refractivity contribution < 1.29 is 14.9 Å². The molecule has 1 aliphatic rings. The summed E-state index contributed by atoms with van der Waals surface area (Å²) in [7, 11) is 1.87. The molecule has 3 nitrogen and oxygen atoms in total. The van der Waals surface area contributed by atoms with Crippen molar-refractivity contribution in [2.45, 2.75) is 137 Å². The Kier molecular flexibility index (Phi) is 8.70. The van der Waals surface area contributed by atoms with Gasteiger partial charge >= 0.3 is 0 Å². The molecular weight excluding hydrogens is 480 g/mol. The van der Waals surface area contributed by atoms with Crippen LogP contribution in [0.25, 0.3) is 0 Å². The molecule has 3 rings (SSSR count). The third-order valence-corrected chi connectivity index (χ3v) is 8.68. The lowest BCUT2D eigenvalue weighted by molar-refractivity contribution is 0.0380. The van der Waals surface area contributed by atoms with Crippen LogP contribution in [0.2, 0.25) is 0 Å². The van der Waals surface area contributed by atoms with Gasteiger partial charge in [0.15, 0.2) is 0 Å². The first-order chi connectivity index (χ1) is 17.6. The molecule has 1 saturated carbocycles. The monoisotopic (exact) mass is 536 g/mol. The van der Waals surface area contributed by atoms with Gasteiger partial charge in [-0.1, -0.05) is 107 Å². The molecule has 0 spiro atoms. The highest BCUT2D eigenvalue weighted by atomic mass is 16.5. The largest absolute Gasteiger partial charge is 0.507 e. The quantitative estimate of drug-likeness (QED) is 0.400. The van der Waals surface area contributed by atoms with Gasteiger partial charge in [-0.15, -0.1) is 0 Å². The number of rotatable bonds is 5. The zero-order valence-corrected chi connectivity index (χ0v) is 27.2. The number of methoxy groups -OCH3 is 1. The topological polar surface area (TPSA) is 49.7 Å². The lowest BCUT2D eigenvalue weighted by atomic mass is 9.77. The average molecular weight is 537 g/mol. The minimum Gasteiger partial charge on any atom is -0.507 e. The summed E-state index contributed by atoms with van der Waals surface area (Å²) in [4.78, 5) is 0. The van der Waals surface area contributed by atoms with Crippen molar-refractivity contribution in [2.24, 2.45) is 11.8 Å². The van der Waals surface area contributed by atoms with Crippen LogP contribution in [0.3, 0.4) is 0 Å². The molecule has 0 heterocycles. The number of phenols is 2. The molecule has 0 amide bonds. The van der Waals surface area contributed by atoms with E-state index in [-0.39, 0.29) is 27.8 Å². The van der Waals surface area contributed by atoms with Crippen molar-refractivity contribution in [3.8, 4) is 11.5 Å². The second-order valence-corrected chi connectivity index (χ2v) is 16.3. The summed E-state index contributed by atoms with van der Waals surface area (Å²) >= 11 is 0. The number of hydrogen-bond donors (Lipinski definition) is 2. The summed E-state index contributed by atoms with van der Waals surface area (Å²) < 4.78 is 6.22. The summed E-state index contributed by atoms with van der Waals surface area (Å²) in [6.07, 6.45) is 4.36. The van der Waals surface area contributed by atoms with Crippen LogP contribution < -0.4 is 0 Å². The first-order valence-corrected chi connectivity index (χ1v) is 14.9. The summed E-state index contributed by atoms with van der Waals surface area (Å²) in [5.41, 5.74) is 6.18. The van der Waals surface area contributed by atoms with Crippen molar-refractivity contribution in [2.75, 3.05) is 7.11 Å². The molecule has 3 heteroatoms. The van der Waals surface area contributed by atoms with E-state index < -0.39 is 0 Å². The third kappa shape index (κ3) is 7.02. The van der Waals surface area contributed by atoms with Gasteiger partial charge in [0.2, 0.25) is 0 Å². The number of phenolic OH excluding ortho intramolecular Hbond substituents is 2. The fourth-order valence-electron chi connectivity index (χ4n) is 6.48. The van der Waals surface area contributed by atoms with E-state index in [9.17, 15) is 10.2 Å². The first kappa shape index (κ1) is 31.5. The molecule has 0 bridgehead atoms. The van der Waals surface area contributed by atoms with E-state index in [2.05, 4.69) is 107 Å². The van der Waals surface area contributed by atoms with Crippen LogP contribution in [0.15, 0.2) is 24.3 Å². The molecular formula is C36H56O3. The van der Waals surface area contributed by atoms with E-state index in [1.54, 1.807) is 0 Å². The minimum atomic E-state index is -0.132. The van der Waals surface area contributed by atoms with Crippen LogP contribution in [0, 0.1) is 11.8 Å². The molecule has 1 fully saturated rings. The Morgan fingerprint density at radius 1 is 0.564 bits per heavy atom. The van der Waals surface area contributed by atoms with Gasteiger partial charge in [-0.05, 0) is 92.6 Å². The van der Waals surface area contributed by atoms with Crippen LogP contribution in [0.1, 0.15) is 129 Å². The van der Waals surface area contributed by atoms with E-state index in [4.69, 9.17) is 4.74 Å². The van der Waals surface area contributed by atoms with Gasteiger partial charge in [-0.2, -0.15) is 0 Å². The van der Waals surface area contributed by atoms with Gasteiger partial charge in [-0.3, -0.25) is 0 Å². The van der Waals surface area contributed by atoms with Gasteiger partial charge in [0.05, 0.1) is 6.10 Å². The fraction of sp³-hybridized carbons (Fsp3) is 0.667. The van der Waals surface area contributed by atoms with Crippen LogP contribution in [-0.4, -0.2) is 23.4 Å².